The smallest absolute Gasteiger partial charge is 0.407 e. The van der Waals surface area contributed by atoms with E-state index < -0.39 is 18.2 Å². The number of H-pyrrole nitrogens is 2. The van der Waals surface area contributed by atoms with Gasteiger partial charge in [-0.1, -0.05) is 24.3 Å². The molecule has 4 fully saturated rings. The number of hydrogen-bond acceptors (Lipinski definition) is 10. The van der Waals surface area contributed by atoms with Crippen LogP contribution in [0.25, 0.3) is 44.5 Å². The number of rotatable bonds is 9. The fourth-order valence-corrected chi connectivity index (χ4v) is 9.35. The van der Waals surface area contributed by atoms with Gasteiger partial charge in [0.15, 0.2) is 5.65 Å². The summed E-state index contributed by atoms with van der Waals surface area (Å²) in [6.45, 7) is 3.70. The second kappa shape index (κ2) is 16.5. The molecule has 0 saturated carbocycles. The van der Waals surface area contributed by atoms with E-state index in [9.17, 15) is 14.4 Å². The Balaban J connectivity index is 0.901. The predicted molar refractivity (Wildman–Crippen MR) is 216 cm³/mol. The maximum absolute atomic E-state index is 14.0. The van der Waals surface area contributed by atoms with Crippen LogP contribution in [0.1, 0.15) is 75.1 Å². The maximum Gasteiger partial charge on any atom is 0.407 e. The fourth-order valence-electron chi connectivity index (χ4n) is 9.35. The molecule has 0 bridgehead atoms. The van der Waals surface area contributed by atoms with E-state index in [1.54, 1.807) is 0 Å². The molecule has 3 aromatic heterocycles. The molecule has 15 nitrogen and oxygen atoms in total. The summed E-state index contributed by atoms with van der Waals surface area (Å²) in [4.78, 5) is 65.1. The maximum atomic E-state index is 14.0. The molecule has 5 N–H and O–H groups in total. The number of carbonyl (C=O) groups is 3. The number of nitrogens with one attached hydrogen (secondary N) is 3. The summed E-state index contributed by atoms with van der Waals surface area (Å²) in [7, 11) is 1.31. The Hall–Kier alpha value is -5.38. The molecule has 15 heteroatoms. The van der Waals surface area contributed by atoms with Crippen LogP contribution < -0.4 is 11.1 Å². The Morgan fingerprint density at radius 3 is 2.12 bits per heavy atom. The lowest BCUT2D eigenvalue weighted by molar-refractivity contribution is -0.137. The molecule has 4 aliphatic rings. The highest BCUT2D eigenvalue weighted by Gasteiger charge is 2.41. The molecule has 0 spiro atoms. The molecule has 0 radical (unpaired) electrons. The van der Waals surface area contributed by atoms with Crippen LogP contribution in [0.3, 0.4) is 0 Å². The highest BCUT2D eigenvalue weighted by Crippen LogP contribution is 2.36. The van der Waals surface area contributed by atoms with Crippen molar-refractivity contribution in [2.75, 3.05) is 46.6 Å². The third-order valence-corrected chi connectivity index (χ3v) is 12.6. The van der Waals surface area contributed by atoms with Gasteiger partial charge in [0.2, 0.25) is 11.8 Å². The van der Waals surface area contributed by atoms with Crippen molar-refractivity contribution in [3.8, 4) is 22.5 Å². The number of hydrogen-bond donors (Lipinski definition) is 4. The average Bonchev–Trinajstić information content (AvgIpc) is 4.11. The lowest BCUT2D eigenvalue weighted by Crippen LogP contribution is -2.53. The Bertz CT molecular complexity index is 2300. The Kier molecular flexibility index (Phi) is 10.8. The van der Waals surface area contributed by atoms with Crippen LogP contribution in [0.15, 0.2) is 54.7 Å². The number of alkyl carbamates (subject to hydrolysis) is 1. The minimum Gasteiger partial charge on any atom is -0.453 e. The van der Waals surface area contributed by atoms with Crippen molar-refractivity contribution in [3.63, 3.8) is 0 Å². The third-order valence-electron chi connectivity index (χ3n) is 12.6. The summed E-state index contributed by atoms with van der Waals surface area (Å²) in [5.41, 5.74) is 11.6. The minimum atomic E-state index is -0.695. The molecule has 3 amide bonds. The van der Waals surface area contributed by atoms with Gasteiger partial charge in [-0.25, -0.2) is 19.7 Å². The Morgan fingerprint density at radius 2 is 1.41 bits per heavy atom. The number of nitrogens with two attached hydrogens (primary N) is 1. The van der Waals surface area contributed by atoms with Crippen LogP contribution >= 0.6 is 0 Å². The predicted octanol–water partition coefficient (Wildman–Crippen LogP) is 5.40. The zero-order valence-electron chi connectivity index (χ0n) is 32.8. The highest BCUT2D eigenvalue weighted by molar-refractivity contribution is 5.91. The molecule has 7 heterocycles. The first-order chi connectivity index (χ1) is 28.3. The number of imidazole rings is 2. The molecule has 4 saturated heterocycles. The van der Waals surface area contributed by atoms with Gasteiger partial charge in [-0.2, -0.15) is 0 Å². The number of nitrogens with zero attached hydrogens (tertiary/aromatic N) is 5. The van der Waals surface area contributed by atoms with Gasteiger partial charge in [-0.05, 0) is 98.2 Å². The first-order valence-electron chi connectivity index (χ1n) is 20.7. The van der Waals surface area contributed by atoms with Crippen molar-refractivity contribution >= 4 is 39.8 Å². The number of carbonyl (C=O) groups excluding carboxylic acids is 3. The van der Waals surface area contributed by atoms with E-state index in [0.29, 0.717) is 63.8 Å². The number of amides is 3. The number of ether oxygens (including phenoxy) is 3. The number of pyridine rings is 1. The third kappa shape index (κ3) is 7.53. The van der Waals surface area contributed by atoms with E-state index in [0.717, 1.165) is 83.2 Å². The van der Waals surface area contributed by atoms with Crippen LogP contribution in [0.2, 0.25) is 0 Å². The molecule has 5 aromatic rings. The average molecular weight is 790 g/mol. The van der Waals surface area contributed by atoms with Gasteiger partial charge in [0, 0.05) is 50.6 Å². The minimum absolute atomic E-state index is 0.00792. The van der Waals surface area contributed by atoms with Gasteiger partial charge in [0.1, 0.15) is 23.2 Å². The van der Waals surface area contributed by atoms with E-state index in [4.69, 9.17) is 34.9 Å². The van der Waals surface area contributed by atoms with Crippen molar-refractivity contribution in [2.24, 2.45) is 17.6 Å². The molecule has 0 aliphatic carbocycles. The standard InChI is InChI=1S/C43H51N9O6/c1-56-43(55)49-37(26-14-20-58-21-15-26)42(54)52-17-3-5-35(52)40-47-32-11-10-31(46-38(32)50-40)29-8-6-28-23-30(9-7-27(28)22-29)33-24-45-39(48-33)34-4-2-16-51(34)41(53)36(44)25-12-18-57-19-13-25/h6-11,22-26,34-37H,2-5,12-21,44H2,1H3,(H,45,48)(H,49,55)(H,46,47,50)/t34-,35-,36-,37-/m0/s1. The van der Waals surface area contributed by atoms with E-state index in [1.807, 2.05) is 28.1 Å². The zero-order chi connectivity index (χ0) is 39.8. The molecule has 304 valence electrons. The molecule has 58 heavy (non-hydrogen) atoms. The van der Waals surface area contributed by atoms with E-state index >= 15 is 0 Å². The summed E-state index contributed by atoms with van der Waals surface area (Å²) in [5.74, 6) is 1.48. The van der Waals surface area contributed by atoms with Crippen LogP contribution in [-0.2, 0) is 23.8 Å². The summed E-state index contributed by atoms with van der Waals surface area (Å²) in [6.07, 6.45) is 7.62. The number of benzene rings is 2. The molecule has 4 aliphatic heterocycles. The lowest BCUT2D eigenvalue weighted by atomic mass is 9.90. The SMILES string of the molecule is COC(=O)N[C@H](C(=O)N1CCC[C@H]1c1nc2ccc(-c3ccc4cc(-c5cnc([C@@H]6CCCN6C(=O)[C@@H](N)C6CCOCC6)[nH]5)ccc4c3)nc2[nH]1)C1CCOCC1. The normalized spacial score (nSPS) is 21.8. The Labute approximate surface area is 336 Å². The number of fused-ring (bicyclic) bond motifs is 2. The monoisotopic (exact) mass is 789 g/mol. The first kappa shape index (κ1) is 38.2. The van der Waals surface area contributed by atoms with Gasteiger partial charge < -0.3 is 45.0 Å². The van der Waals surface area contributed by atoms with Crippen molar-refractivity contribution < 1.29 is 28.6 Å². The van der Waals surface area contributed by atoms with Gasteiger partial charge in [-0.15, -0.1) is 0 Å². The fraction of sp³-hybridized carbons (Fsp3) is 0.488. The van der Waals surface area contributed by atoms with Crippen LogP contribution in [0.4, 0.5) is 4.79 Å². The summed E-state index contributed by atoms with van der Waals surface area (Å²) < 4.78 is 15.9. The van der Waals surface area contributed by atoms with Gasteiger partial charge >= 0.3 is 6.09 Å². The second-order valence-electron chi connectivity index (χ2n) is 16.1. The van der Waals surface area contributed by atoms with E-state index in [-0.39, 0.29) is 35.7 Å². The van der Waals surface area contributed by atoms with Crippen LogP contribution in [-0.4, -0.2) is 111 Å². The van der Waals surface area contributed by atoms with Crippen LogP contribution in [0.5, 0.6) is 0 Å². The van der Waals surface area contributed by atoms with Crippen molar-refractivity contribution in [1.82, 2.24) is 40.0 Å². The molecular formula is C43H51N9O6. The number of aromatic amines is 2. The molecule has 4 atom stereocenters. The second-order valence-corrected chi connectivity index (χ2v) is 16.1. The van der Waals surface area contributed by atoms with Gasteiger partial charge in [0.05, 0.1) is 42.8 Å². The van der Waals surface area contributed by atoms with E-state index in [1.165, 1.54) is 7.11 Å². The van der Waals surface area contributed by atoms with Gasteiger partial charge in [-0.3, -0.25) is 9.59 Å². The molecule has 9 rings (SSSR count). The number of likely N-dealkylation sites (tertiary alicyclic amines) is 2. The quantitative estimate of drug-likeness (QED) is 0.150. The summed E-state index contributed by atoms with van der Waals surface area (Å²) in [5, 5.41) is 4.97. The number of methoxy groups -OCH3 is 1. The van der Waals surface area contributed by atoms with Crippen molar-refractivity contribution in [2.45, 2.75) is 75.5 Å². The topological polar surface area (TPSA) is 194 Å². The highest BCUT2D eigenvalue weighted by atomic mass is 16.5. The van der Waals surface area contributed by atoms with Gasteiger partial charge in [0.25, 0.3) is 0 Å². The van der Waals surface area contributed by atoms with Crippen molar-refractivity contribution in [1.29, 1.82) is 0 Å². The molecule has 0 unspecified atom stereocenters. The molecule has 2 aromatic carbocycles. The first-order valence-corrected chi connectivity index (χ1v) is 20.7. The Morgan fingerprint density at radius 1 is 0.776 bits per heavy atom. The molecular weight excluding hydrogens is 739 g/mol. The summed E-state index contributed by atoms with van der Waals surface area (Å²) >= 11 is 0. The van der Waals surface area contributed by atoms with E-state index in [2.05, 4.69) is 51.7 Å². The largest absolute Gasteiger partial charge is 0.453 e. The van der Waals surface area contributed by atoms with Crippen LogP contribution in [0, 0.1) is 11.8 Å². The lowest BCUT2D eigenvalue weighted by Gasteiger charge is -2.34. The number of aromatic nitrogens is 5. The zero-order valence-corrected chi connectivity index (χ0v) is 32.8. The summed E-state index contributed by atoms with van der Waals surface area (Å²) in [6, 6.07) is 15.0. The van der Waals surface area contributed by atoms with Crippen molar-refractivity contribution in [3.05, 3.63) is 66.4 Å².